The van der Waals surface area contributed by atoms with Crippen molar-refractivity contribution in [2.75, 3.05) is 52.9 Å². The Kier molecular flexibility index (Phi) is 6.53. The first kappa shape index (κ1) is 18.2. The van der Waals surface area contributed by atoms with E-state index < -0.39 is 0 Å². The van der Waals surface area contributed by atoms with Crippen LogP contribution in [0, 0.1) is 5.92 Å². The Balaban J connectivity index is 1.50. The van der Waals surface area contributed by atoms with Gasteiger partial charge < -0.3 is 15.5 Å². The first-order valence-corrected chi connectivity index (χ1v) is 10.1. The maximum Gasteiger partial charge on any atom is 0.220 e. The molecule has 0 aliphatic carbocycles. The maximum atomic E-state index is 12.4. The second kappa shape index (κ2) is 8.63. The molecule has 1 unspecified atom stereocenters. The van der Waals surface area contributed by atoms with Crippen LogP contribution >= 0.6 is 0 Å². The van der Waals surface area contributed by atoms with Crippen molar-refractivity contribution in [1.29, 1.82) is 0 Å². The van der Waals surface area contributed by atoms with Crippen LogP contribution in [-0.4, -0.2) is 74.1 Å². The van der Waals surface area contributed by atoms with Crippen molar-refractivity contribution >= 4 is 5.91 Å². The van der Waals surface area contributed by atoms with Gasteiger partial charge in [0.1, 0.15) is 0 Å². The van der Waals surface area contributed by atoms with Crippen LogP contribution in [0.2, 0.25) is 0 Å². The van der Waals surface area contributed by atoms with Crippen molar-refractivity contribution in [3.05, 3.63) is 0 Å². The molecule has 138 valence electrons. The molecule has 3 saturated heterocycles. The molecule has 3 fully saturated rings. The van der Waals surface area contributed by atoms with E-state index in [-0.39, 0.29) is 11.4 Å². The Bertz CT molecular complexity index is 394. The summed E-state index contributed by atoms with van der Waals surface area (Å²) in [4.78, 5) is 17.5. The zero-order valence-corrected chi connectivity index (χ0v) is 15.5. The quantitative estimate of drug-likeness (QED) is 0.771. The summed E-state index contributed by atoms with van der Waals surface area (Å²) in [5, 5.41) is 6.70. The number of hydrogen-bond acceptors (Lipinski definition) is 4. The lowest BCUT2D eigenvalue weighted by Crippen LogP contribution is -2.61. The molecule has 1 amide bonds. The molecule has 24 heavy (non-hydrogen) atoms. The molecule has 3 aliphatic rings. The molecule has 0 aromatic rings. The van der Waals surface area contributed by atoms with Gasteiger partial charge in [0.2, 0.25) is 5.91 Å². The molecule has 0 aromatic carbocycles. The summed E-state index contributed by atoms with van der Waals surface area (Å²) in [6, 6.07) is 0. The van der Waals surface area contributed by atoms with Gasteiger partial charge in [-0.3, -0.25) is 9.69 Å². The van der Waals surface area contributed by atoms with E-state index in [0.29, 0.717) is 12.3 Å². The van der Waals surface area contributed by atoms with Gasteiger partial charge in [0.15, 0.2) is 0 Å². The molecular formula is C19H36N4O. The average Bonchev–Trinajstić information content (AvgIpc) is 3.14. The van der Waals surface area contributed by atoms with Crippen molar-refractivity contribution in [2.24, 2.45) is 5.92 Å². The van der Waals surface area contributed by atoms with Gasteiger partial charge >= 0.3 is 0 Å². The highest BCUT2D eigenvalue weighted by atomic mass is 16.1. The lowest BCUT2D eigenvalue weighted by Gasteiger charge is -2.50. The minimum atomic E-state index is 0.206. The zero-order chi connectivity index (χ0) is 16.8. The van der Waals surface area contributed by atoms with E-state index in [9.17, 15) is 4.79 Å². The Morgan fingerprint density at radius 2 is 1.92 bits per heavy atom. The Morgan fingerprint density at radius 3 is 2.58 bits per heavy atom. The molecule has 5 heteroatoms. The van der Waals surface area contributed by atoms with Gasteiger partial charge in [-0.05, 0) is 90.8 Å². The molecule has 3 aliphatic heterocycles. The normalized spacial score (nSPS) is 28.8. The SMILES string of the molecule is CN1CCC(CNC(=O)CCC2CCNC2)(N2CCCCC2)CC1. The van der Waals surface area contributed by atoms with Crippen LogP contribution in [0.25, 0.3) is 0 Å². The van der Waals surface area contributed by atoms with E-state index in [0.717, 1.165) is 39.1 Å². The summed E-state index contributed by atoms with van der Waals surface area (Å²) in [7, 11) is 2.22. The maximum absolute atomic E-state index is 12.4. The second-order valence-electron chi connectivity index (χ2n) is 8.25. The highest BCUT2D eigenvalue weighted by Gasteiger charge is 2.39. The number of nitrogens with one attached hydrogen (secondary N) is 2. The number of carbonyl (C=O) groups is 1. The van der Waals surface area contributed by atoms with Crippen LogP contribution in [0.5, 0.6) is 0 Å². The predicted molar refractivity (Wildman–Crippen MR) is 98.1 cm³/mol. The van der Waals surface area contributed by atoms with E-state index in [4.69, 9.17) is 0 Å². The first-order chi connectivity index (χ1) is 11.7. The fourth-order valence-electron chi connectivity index (χ4n) is 4.66. The van der Waals surface area contributed by atoms with Gasteiger partial charge in [-0.15, -0.1) is 0 Å². The summed E-state index contributed by atoms with van der Waals surface area (Å²) < 4.78 is 0. The molecule has 3 rings (SSSR count). The van der Waals surface area contributed by atoms with Gasteiger partial charge in [-0.1, -0.05) is 6.42 Å². The number of piperidine rings is 2. The lowest BCUT2D eigenvalue weighted by molar-refractivity contribution is -0.122. The van der Waals surface area contributed by atoms with E-state index in [1.165, 1.54) is 51.6 Å². The fraction of sp³-hybridized carbons (Fsp3) is 0.947. The van der Waals surface area contributed by atoms with E-state index in [1.54, 1.807) is 0 Å². The number of likely N-dealkylation sites (tertiary alicyclic amines) is 2. The number of carbonyl (C=O) groups excluding carboxylic acids is 1. The van der Waals surface area contributed by atoms with Gasteiger partial charge in [0, 0.05) is 18.5 Å². The third-order valence-electron chi connectivity index (χ3n) is 6.50. The molecule has 1 atom stereocenters. The predicted octanol–water partition coefficient (Wildman–Crippen LogP) is 1.44. The van der Waals surface area contributed by atoms with Crippen LogP contribution < -0.4 is 10.6 Å². The van der Waals surface area contributed by atoms with Crippen LogP contribution in [-0.2, 0) is 4.79 Å². The molecule has 0 radical (unpaired) electrons. The standard InChI is InChI=1S/C19H36N4O/c1-22-13-8-19(9-14-22,23-11-3-2-4-12-23)16-21-18(24)6-5-17-7-10-20-15-17/h17,20H,2-16H2,1H3,(H,21,24). The third kappa shape index (κ3) is 4.70. The molecule has 3 heterocycles. The minimum Gasteiger partial charge on any atom is -0.354 e. The van der Waals surface area contributed by atoms with Crippen molar-refractivity contribution in [3.63, 3.8) is 0 Å². The minimum absolute atomic E-state index is 0.206. The van der Waals surface area contributed by atoms with Crippen molar-refractivity contribution in [3.8, 4) is 0 Å². The largest absolute Gasteiger partial charge is 0.354 e. The summed E-state index contributed by atoms with van der Waals surface area (Å²) in [5.41, 5.74) is 0.206. The number of hydrogen-bond donors (Lipinski definition) is 2. The molecule has 0 saturated carbocycles. The number of nitrogens with zero attached hydrogens (tertiary/aromatic N) is 2. The molecule has 2 N–H and O–H groups in total. The Labute approximate surface area is 147 Å². The van der Waals surface area contributed by atoms with E-state index in [1.807, 2.05) is 0 Å². The first-order valence-electron chi connectivity index (χ1n) is 10.1. The van der Waals surface area contributed by atoms with Crippen molar-refractivity contribution < 1.29 is 4.79 Å². The second-order valence-corrected chi connectivity index (χ2v) is 8.25. The smallest absolute Gasteiger partial charge is 0.220 e. The summed E-state index contributed by atoms with van der Waals surface area (Å²) in [6.07, 6.45) is 9.36. The third-order valence-corrected chi connectivity index (χ3v) is 6.50. The lowest BCUT2D eigenvalue weighted by atomic mass is 9.84. The average molecular weight is 337 g/mol. The number of amides is 1. The molecule has 5 nitrogen and oxygen atoms in total. The van der Waals surface area contributed by atoms with Crippen molar-refractivity contribution in [2.45, 2.75) is 56.9 Å². The topological polar surface area (TPSA) is 47.6 Å². The van der Waals surface area contributed by atoms with Gasteiger partial charge in [0.05, 0.1) is 0 Å². The van der Waals surface area contributed by atoms with Gasteiger partial charge in [0.25, 0.3) is 0 Å². The van der Waals surface area contributed by atoms with Crippen LogP contribution in [0.15, 0.2) is 0 Å². The monoisotopic (exact) mass is 336 g/mol. The molecule has 0 spiro atoms. The van der Waals surface area contributed by atoms with Gasteiger partial charge in [-0.25, -0.2) is 0 Å². The van der Waals surface area contributed by atoms with E-state index >= 15 is 0 Å². The highest BCUT2D eigenvalue weighted by Crippen LogP contribution is 2.31. The Morgan fingerprint density at radius 1 is 1.17 bits per heavy atom. The van der Waals surface area contributed by atoms with Crippen LogP contribution in [0.4, 0.5) is 0 Å². The molecular weight excluding hydrogens is 300 g/mol. The van der Waals surface area contributed by atoms with Crippen LogP contribution in [0.3, 0.4) is 0 Å². The van der Waals surface area contributed by atoms with Crippen LogP contribution in [0.1, 0.15) is 51.4 Å². The zero-order valence-electron chi connectivity index (χ0n) is 15.5. The van der Waals surface area contributed by atoms with Crippen molar-refractivity contribution in [1.82, 2.24) is 20.4 Å². The van der Waals surface area contributed by atoms with Gasteiger partial charge in [-0.2, -0.15) is 0 Å². The fourth-order valence-corrected chi connectivity index (χ4v) is 4.66. The molecule has 0 aromatic heterocycles. The summed E-state index contributed by atoms with van der Waals surface area (Å²) in [5.74, 6) is 0.965. The Hall–Kier alpha value is -0.650. The highest BCUT2D eigenvalue weighted by molar-refractivity contribution is 5.75. The summed E-state index contributed by atoms with van der Waals surface area (Å²) in [6.45, 7) is 7.80. The summed E-state index contributed by atoms with van der Waals surface area (Å²) >= 11 is 0. The van der Waals surface area contributed by atoms with E-state index in [2.05, 4.69) is 27.5 Å². The number of rotatable bonds is 6. The molecule has 0 bridgehead atoms.